The zero-order valence-electron chi connectivity index (χ0n) is 12.6. The van der Waals surface area contributed by atoms with E-state index in [-0.39, 0.29) is 24.4 Å². The number of nitrogens with zero attached hydrogens (tertiary/aromatic N) is 1. The molecule has 1 fully saturated rings. The number of carbonyl (C=O) groups is 1. The minimum Gasteiger partial charge on any atom is -0.494 e. The summed E-state index contributed by atoms with van der Waals surface area (Å²) in [6.45, 7) is 4.17. The van der Waals surface area contributed by atoms with Crippen LogP contribution in [0.3, 0.4) is 0 Å². The number of carbonyl (C=O) groups excluding carboxylic acids is 1. The van der Waals surface area contributed by atoms with Crippen LogP contribution in [0.15, 0.2) is 24.3 Å². The second-order valence-electron chi connectivity index (χ2n) is 5.51. The fraction of sp³-hybridized carbons (Fsp3) is 0.562. The van der Waals surface area contributed by atoms with Crippen LogP contribution in [0.4, 0.5) is 0 Å². The van der Waals surface area contributed by atoms with Crippen molar-refractivity contribution >= 4 is 18.3 Å². The minimum absolute atomic E-state index is 0. The van der Waals surface area contributed by atoms with Crippen LogP contribution in [0.1, 0.15) is 31.2 Å². The van der Waals surface area contributed by atoms with Crippen LogP contribution in [0.2, 0.25) is 0 Å². The van der Waals surface area contributed by atoms with Gasteiger partial charge >= 0.3 is 0 Å². The summed E-state index contributed by atoms with van der Waals surface area (Å²) >= 11 is 0. The molecule has 4 nitrogen and oxygen atoms in total. The van der Waals surface area contributed by atoms with Gasteiger partial charge in [0.25, 0.3) is 0 Å². The Morgan fingerprint density at radius 2 is 2.29 bits per heavy atom. The number of rotatable bonds is 5. The number of piperidine rings is 1. The lowest BCUT2D eigenvalue weighted by Gasteiger charge is -2.30. The van der Waals surface area contributed by atoms with Gasteiger partial charge in [0.05, 0.1) is 6.61 Å². The number of hydrogen-bond acceptors (Lipinski definition) is 3. The Morgan fingerprint density at radius 3 is 3.00 bits per heavy atom. The molecule has 0 aliphatic carbocycles. The number of hydrogen-bond donors (Lipinski definition) is 1. The van der Waals surface area contributed by atoms with Gasteiger partial charge in [0.15, 0.2) is 0 Å². The molecule has 5 heteroatoms. The lowest BCUT2D eigenvalue weighted by Crippen LogP contribution is -2.45. The Kier molecular flexibility index (Phi) is 7.54. The lowest BCUT2D eigenvalue weighted by atomic mass is 10.1. The number of benzene rings is 1. The second kappa shape index (κ2) is 8.90. The third-order valence-corrected chi connectivity index (χ3v) is 3.60. The Hall–Kier alpha value is -1.26. The molecule has 1 aliphatic rings. The maximum absolute atomic E-state index is 12.0. The van der Waals surface area contributed by atoms with Crippen molar-refractivity contribution in [3.05, 3.63) is 29.8 Å². The molecule has 21 heavy (non-hydrogen) atoms. The third kappa shape index (κ3) is 5.94. The van der Waals surface area contributed by atoms with E-state index in [0.717, 1.165) is 31.6 Å². The Balaban J connectivity index is 0.00000220. The molecular formula is C16H25ClN2O2. The summed E-state index contributed by atoms with van der Waals surface area (Å²) in [4.78, 5) is 13.9. The van der Waals surface area contributed by atoms with Crippen LogP contribution in [0.25, 0.3) is 0 Å². The van der Waals surface area contributed by atoms with Crippen LogP contribution >= 0.6 is 12.4 Å². The molecule has 0 aromatic heterocycles. The number of aryl methyl sites for hydroxylation is 1. The van der Waals surface area contributed by atoms with Crippen molar-refractivity contribution < 1.29 is 9.53 Å². The van der Waals surface area contributed by atoms with Gasteiger partial charge in [0.2, 0.25) is 5.91 Å². The molecule has 1 saturated heterocycles. The highest BCUT2D eigenvalue weighted by Gasteiger charge is 2.20. The molecule has 0 radical (unpaired) electrons. The van der Waals surface area contributed by atoms with Gasteiger partial charge in [-0.3, -0.25) is 4.79 Å². The zero-order valence-corrected chi connectivity index (χ0v) is 13.4. The molecule has 1 atom stereocenters. The molecule has 2 N–H and O–H groups in total. The summed E-state index contributed by atoms with van der Waals surface area (Å²) in [6.07, 6.45) is 3.34. The molecule has 1 heterocycles. The predicted octanol–water partition coefficient (Wildman–Crippen LogP) is 2.53. The van der Waals surface area contributed by atoms with E-state index in [0.29, 0.717) is 19.6 Å². The molecule has 1 amide bonds. The molecular weight excluding hydrogens is 288 g/mol. The fourth-order valence-electron chi connectivity index (χ4n) is 2.51. The van der Waals surface area contributed by atoms with Gasteiger partial charge < -0.3 is 15.4 Å². The van der Waals surface area contributed by atoms with Crippen molar-refractivity contribution in [2.45, 2.75) is 38.6 Å². The first-order valence-electron chi connectivity index (χ1n) is 7.38. The maximum atomic E-state index is 12.0. The standard InChI is InChI=1S/C16H24N2O2.ClH/c1-13-5-2-7-15(11-13)20-10-4-8-16(19)18-9-3-6-14(17)12-18;/h2,5,7,11,14H,3-4,6,8-10,12,17H2,1H3;1H. The molecule has 0 saturated carbocycles. The first kappa shape index (κ1) is 17.8. The number of likely N-dealkylation sites (tertiary alicyclic amines) is 1. The molecule has 1 aromatic rings. The summed E-state index contributed by atoms with van der Waals surface area (Å²) in [6, 6.07) is 8.11. The van der Waals surface area contributed by atoms with Crippen LogP contribution in [-0.4, -0.2) is 36.5 Å². The molecule has 0 spiro atoms. The van der Waals surface area contributed by atoms with Gasteiger partial charge in [-0.1, -0.05) is 12.1 Å². The molecule has 1 aromatic carbocycles. The molecule has 118 valence electrons. The van der Waals surface area contributed by atoms with Crippen molar-refractivity contribution in [3.8, 4) is 5.75 Å². The van der Waals surface area contributed by atoms with Crippen LogP contribution in [0.5, 0.6) is 5.75 Å². The van der Waals surface area contributed by atoms with E-state index >= 15 is 0 Å². The average molecular weight is 313 g/mol. The summed E-state index contributed by atoms with van der Waals surface area (Å²) in [5.41, 5.74) is 7.07. The topological polar surface area (TPSA) is 55.6 Å². The first-order valence-corrected chi connectivity index (χ1v) is 7.38. The Labute approximate surface area is 133 Å². The monoisotopic (exact) mass is 312 g/mol. The summed E-state index contributed by atoms with van der Waals surface area (Å²) in [5.74, 6) is 1.07. The lowest BCUT2D eigenvalue weighted by molar-refractivity contribution is -0.132. The van der Waals surface area contributed by atoms with E-state index in [1.165, 1.54) is 5.56 Å². The van der Waals surface area contributed by atoms with Crippen molar-refractivity contribution in [3.63, 3.8) is 0 Å². The van der Waals surface area contributed by atoms with E-state index in [9.17, 15) is 4.79 Å². The fourth-order valence-corrected chi connectivity index (χ4v) is 2.51. The molecule has 2 rings (SSSR count). The second-order valence-corrected chi connectivity index (χ2v) is 5.51. The van der Waals surface area contributed by atoms with Crippen molar-refractivity contribution in [2.75, 3.05) is 19.7 Å². The van der Waals surface area contributed by atoms with Gasteiger partial charge in [-0.2, -0.15) is 0 Å². The van der Waals surface area contributed by atoms with E-state index in [1.54, 1.807) is 0 Å². The van der Waals surface area contributed by atoms with E-state index in [4.69, 9.17) is 10.5 Å². The van der Waals surface area contributed by atoms with Gasteiger partial charge in [0.1, 0.15) is 5.75 Å². The average Bonchev–Trinajstić information content (AvgIpc) is 2.43. The highest BCUT2D eigenvalue weighted by atomic mass is 35.5. The predicted molar refractivity (Wildman–Crippen MR) is 86.9 cm³/mol. The number of nitrogens with two attached hydrogens (primary N) is 1. The summed E-state index contributed by atoms with van der Waals surface area (Å²) in [7, 11) is 0. The number of amides is 1. The molecule has 0 bridgehead atoms. The summed E-state index contributed by atoms with van der Waals surface area (Å²) < 4.78 is 5.65. The maximum Gasteiger partial charge on any atom is 0.222 e. The SMILES string of the molecule is Cc1cccc(OCCCC(=O)N2CCCC(N)C2)c1.Cl. The first-order chi connectivity index (χ1) is 9.65. The largest absolute Gasteiger partial charge is 0.494 e. The zero-order chi connectivity index (χ0) is 14.4. The smallest absolute Gasteiger partial charge is 0.222 e. The Bertz CT molecular complexity index is 454. The van der Waals surface area contributed by atoms with E-state index in [1.807, 2.05) is 36.1 Å². The van der Waals surface area contributed by atoms with Gasteiger partial charge in [-0.25, -0.2) is 0 Å². The van der Waals surface area contributed by atoms with E-state index < -0.39 is 0 Å². The van der Waals surface area contributed by atoms with Crippen LogP contribution in [-0.2, 0) is 4.79 Å². The quantitative estimate of drug-likeness (QED) is 0.850. The minimum atomic E-state index is 0. The van der Waals surface area contributed by atoms with E-state index in [2.05, 4.69) is 0 Å². The van der Waals surface area contributed by atoms with Crippen molar-refractivity contribution in [2.24, 2.45) is 5.73 Å². The van der Waals surface area contributed by atoms with Gasteiger partial charge in [-0.15, -0.1) is 12.4 Å². The van der Waals surface area contributed by atoms with Gasteiger partial charge in [-0.05, 0) is 43.9 Å². The molecule has 1 unspecified atom stereocenters. The van der Waals surface area contributed by atoms with Crippen molar-refractivity contribution in [1.82, 2.24) is 4.90 Å². The van der Waals surface area contributed by atoms with Crippen molar-refractivity contribution in [1.29, 1.82) is 0 Å². The number of ether oxygens (including phenoxy) is 1. The van der Waals surface area contributed by atoms with Gasteiger partial charge in [0, 0.05) is 25.6 Å². The normalized spacial score (nSPS) is 18.0. The highest BCUT2D eigenvalue weighted by molar-refractivity contribution is 5.85. The highest BCUT2D eigenvalue weighted by Crippen LogP contribution is 2.14. The van der Waals surface area contributed by atoms with Crippen LogP contribution < -0.4 is 10.5 Å². The van der Waals surface area contributed by atoms with Crippen LogP contribution in [0, 0.1) is 6.92 Å². The summed E-state index contributed by atoms with van der Waals surface area (Å²) in [5, 5.41) is 0. The number of halogens is 1. The Morgan fingerprint density at radius 1 is 1.48 bits per heavy atom. The molecule has 1 aliphatic heterocycles. The third-order valence-electron chi connectivity index (χ3n) is 3.60.